The summed E-state index contributed by atoms with van der Waals surface area (Å²) in [5, 5.41) is 11.7. The Balaban J connectivity index is 2.24. The second-order valence-electron chi connectivity index (χ2n) is 5.40. The van der Waals surface area contributed by atoms with Crippen LogP contribution in [-0.4, -0.2) is 11.2 Å². The Morgan fingerprint density at radius 3 is 2.61 bits per heavy atom. The Kier molecular flexibility index (Phi) is 3.93. The summed E-state index contributed by atoms with van der Waals surface area (Å²) >= 11 is 0. The van der Waals surface area contributed by atoms with Gasteiger partial charge in [0.25, 0.3) is 5.70 Å². The Morgan fingerprint density at radius 1 is 1.22 bits per heavy atom. The number of rotatable bonds is 4. The lowest BCUT2D eigenvalue weighted by Gasteiger charge is -2.26. The first-order valence-corrected chi connectivity index (χ1v) is 7.25. The van der Waals surface area contributed by atoms with Crippen LogP contribution in [0.5, 0.6) is 5.75 Å². The van der Waals surface area contributed by atoms with Crippen molar-refractivity contribution in [2.75, 3.05) is 0 Å². The quantitative estimate of drug-likeness (QED) is 0.490. The molecule has 0 unspecified atom stereocenters. The zero-order chi connectivity index (χ0) is 16.4. The third kappa shape index (κ3) is 2.73. The molecule has 1 aliphatic rings. The molecule has 5 heteroatoms. The van der Waals surface area contributed by atoms with E-state index in [1.165, 1.54) is 0 Å². The molecule has 0 fully saturated rings. The molecule has 1 heterocycles. The first-order chi connectivity index (χ1) is 11.1. The molecule has 5 nitrogen and oxygen atoms in total. The number of hydrogen-bond donors (Lipinski definition) is 0. The van der Waals surface area contributed by atoms with Crippen molar-refractivity contribution in [2.24, 2.45) is 0 Å². The molecular weight excluding hydrogens is 294 g/mol. The zero-order valence-electron chi connectivity index (χ0n) is 12.6. The molecule has 0 radical (unpaired) electrons. The molecule has 3 rings (SSSR count). The van der Waals surface area contributed by atoms with Crippen LogP contribution in [0.4, 0.5) is 0 Å². The molecule has 1 aliphatic heterocycles. The van der Waals surface area contributed by atoms with Gasteiger partial charge in [-0.25, -0.2) is 0 Å². The van der Waals surface area contributed by atoms with E-state index in [9.17, 15) is 14.9 Å². The van der Waals surface area contributed by atoms with E-state index in [4.69, 9.17) is 4.74 Å². The standard InChI is InChI=1S/C18H15NO4/c1-12-7-8-16-15(11-12)14(9-10-20)17(19(21)22)18(23-16)13-5-3-2-4-6-13/h2-8,10-11,18H,9H2,1H3/t18-/m0/s1. The van der Waals surface area contributed by atoms with E-state index >= 15 is 0 Å². The van der Waals surface area contributed by atoms with Gasteiger partial charge in [-0.2, -0.15) is 0 Å². The lowest BCUT2D eigenvalue weighted by molar-refractivity contribution is -0.435. The predicted molar refractivity (Wildman–Crippen MR) is 85.6 cm³/mol. The summed E-state index contributed by atoms with van der Waals surface area (Å²) in [6, 6.07) is 14.5. The van der Waals surface area contributed by atoms with Crippen molar-refractivity contribution >= 4 is 11.9 Å². The van der Waals surface area contributed by atoms with Gasteiger partial charge in [-0.05, 0) is 19.1 Å². The van der Waals surface area contributed by atoms with E-state index in [1.807, 2.05) is 25.1 Å². The highest BCUT2D eigenvalue weighted by Crippen LogP contribution is 2.43. The van der Waals surface area contributed by atoms with E-state index in [2.05, 4.69) is 0 Å². The molecule has 0 aromatic heterocycles. The average Bonchev–Trinajstić information content (AvgIpc) is 2.55. The van der Waals surface area contributed by atoms with Crippen molar-refractivity contribution < 1.29 is 14.5 Å². The van der Waals surface area contributed by atoms with Gasteiger partial charge in [0.15, 0.2) is 0 Å². The topological polar surface area (TPSA) is 69.4 Å². The van der Waals surface area contributed by atoms with Crippen LogP contribution in [-0.2, 0) is 4.79 Å². The van der Waals surface area contributed by atoms with E-state index in [0.717, 1.165) is 5.56 Å². The van der Waals surface area contributed by atoms with Gasteiger partial charge in [-0.15, -0.1) is 0 Å². The molecule has 0 amide bonds. The third-order valence-corrected chi connectivity index (χ3v) is 3.85. The number of ether oxygens (including phenoxy) is 1. The minimum absolute atomic E-state index is 0.0144. The third-order valence-electron chi connectivity index (χ3n) is 3.85. The molecule has 0 bridgehead atoms. The van der Waals surface area contributed by atoms with Gasteiger partial charge in [-0.3, -0.25) is 10.1 Å². The number of aryl methyl sites for hydroxylation is 1. The molecule has 0 N–H and O–H groups in total. The van der Waals surface area contributed by atoms with E-state index in [0.29, 0.717) is 28.7 Å². The van der Waals surface area contributed by atoms with E-state index < -0.39 is 11.0 Å². The molecule has 0 saturated heterocycles. The van der Waals surface area contributed by atoms with Crippen molar-refractivity contribution in [1.29, 1.82) is 0 Å². The van der Waals surface area contributed by atoms with Gasteiger partial charge in [0.2, 0.25) is 6.10 Å². The highest BCUT2D eigenvalue weighted by molar-refractivity contribution is 5.82. The molecule has 0 spiro atoms. The smallest absolute Gasteiger partial charge is 0.295 e. The molecule has 0 aliphatic carbocycles. The highest BCUT2D eigenvalue weighted by atomic mass is 16.6. The SMILES string of the molecule is Cc1ccc2c(c1)C(CC=O)=C([N+](=O)[O-])[C@H](c1ccccc1)O2. The lowest BCUT2D eigenvalue weighted by Crippen LogP contribution is -2.22. The number of carbonyl (C=O) groups is 1. The number of hydrogen-bond acceptors (Lipinski definition) is 4. The van der Waals surface area contributed by atoms with E-state index in [1.54, 1.807) is 30.3 Å². The maximum Gasteiger partial charge on any atom is 0.295 e. The summed E-state index contributed by atoms with van der Waals surface area (Å²) in [7, 11) is 0. The van der Waals surface area contributed by atoms with Crippen molar-refractivity contribution in [2.45, 2.75) is 19.4 Å². The number of nitrogens with zero attached hydrogens (tertiary/aromatic N) is 1. The molecule has 23 heavy (non-hydrogen) atoms. The van der Waals surface area contributed by atoms with Crippen molar-refractivity contribution in [1.82, 2.24) is 0 Å². The minimum Gasteiger partial charge on any atom is -0.474 e. The molecule has 2 aromatic rings. The number of benzene rings is 2. The molecular formula is C18H15NO4. The second kappa shape index (κ2) is 6.04. The van der Waals surface area contributed by atoms with Gasteiger partial charge >= 0.3 is 0 Å². The number of nitro groups is 1. The fraction of sp³-hybridized carbons (Fsp3) is 0.167. The summed E-state index contributed by atoms with van der Waals surface area (Å²) in [4.78, 5) is 22.3. The van der Waals surface area contributed by atoms with Gasteiger partial charge in [0.1, 0.15) is 12.0 Å². The zero-order valence-corrected chi connectivity index (χ0v) is 12.6. The summed E-state index contributed by atoms with van der Waals surface area (Å²) in [5.41, 5.74) is 2.62. The monoisotopic (exact) mass is 309 g/mol. The Labute approximate surface area is 133 Å². The molecule has 2 aromatic carbocycles. The minimum atomic E-state index is -0.823. The second-order valence-corrected chi connectivity index (χ2v) is 5.40. The summed E-state index contributed by atoms with van der Waals surface area (Å²) in [5.74, 6) is 0.562. The molecule has 1 atom stereocenters. The van der Waals surface area contributed by atoms with Crippen LogP contribution >= 0.6 is 0 Å². The number of carbonyl (C=O) groups excluding carboxylic acids is 1. The van der Waals surface area contributed by atoms with Crippen LogP contribution in [0.2, 0.25) is 0 Å². The number of fused-ring (bicyclic) bond motifs is 1. The van der Waals surface area contributed by atoms with Crippen LogP contribution in [0.3, 0.4) is 0 Å². The molecule has 116 valence electrons. The lowest BCUT2D eigenvalue weighted by atomic mass is 9.91. The molecule has 0 saturated carbocycles. The fourth-order valence-electron chi connectivity index (χ4n) is 2.82. The predicted octanol–water partition coefficient (Wildman–Crippen LogP) is 3.71. The van der Waals surface area contributed by atoms with Crippen molar-refractivity contribution in [3.05, 3.63) is 81.0 Å². The Bertz CT molecular complexity index is 796. The largest absolute Gasteiger partial charge is 0.474 e. The summed E-state index contributed by atoms with van der Waals surface area (Å²) < 4.78 is 5.91. The highest BCUT2D eigenvalue weighted by Gasteiger charge is 2.38. The van der Waals surface area contributed by atoms with Gasteiger partial charge in [-0.1, -0.05) is 42.0 Å². The fourth-order valence-corrected chi connectivity index (χ4v) is 2.82. The number of aldehydes is 1. The van der Waals surface area contributed by atoms with Crippen molar-refractivity contribution in [3.8, 4) is 5.75 Å². The normalized spacial score (nSPS) is 16.5. The summed E-state index contributed by atoms with van der Waals surface area (Å²) in [6.07, 6.45) is -0.144. The average molecular weight is 309 g/mol. The van der Waals surface area contributed by atoms with Crippen LogP contribution < -0.4 is 4.74 Å². The van der Waals surface area contributed by atoms with Crippen LogP contribution in [0, 0.1) is 17.0 Å². The van der Waals surface area contributed by atoms with Gasteiger partial charge in [0.05, 0.1) is 4.92 Å². The first-order valence-electron chi connectivity index (χ1n) is 7.25. The van der Waals surface area contributed by atoms with Crippen LogP contribution in [0.15, 0.2) is 54.2 Å². The van der Waals surface area contributed by atoms with Gasteiger partial charge < -0.3 is 9.53 Å². The van der Waals surface area contributed by atoms with Crippen LogP contribution in [0.25, 0.3) is 5.57 Å². The van der Waals surface area contributed by atoms with Gasteiger partial charge in [0, 0.05) is 23.1 Å². The summed E-state index contributed by atoms with van der Waals surface area (Å²) in [6.45, 7) is 1.90. The maximum absolute atomic E-state index is 11.7. The Morgan fingerprint density at radius 2 is 1.96 bits per heavy atom. The van der Waals surface area contributed by atoms with Crippen LogP contribution in [0.1, 0.15) is 29.2 Å². The first kappa shape index (κ1) is 15.0. The van der Waals surface area contributed by atoms with Crippen molar-refractivity contribution in [3.63, 3.8) is 0 Å². The number of allylic oxidation sites excluding steroid dienone is 1. The van der Waals surface area contributed by atoms with E-state index in [-0.39, 0.29) is 12.1 Å². The Hall–Kier alpha value is -2.95. The maximum atomic E-state index is 11.7.